The number of ether oxygens (including phenoxy) is 1. The Bertz CT molecular complexity index is 584. The lowest BCUT2D eigenvalue weighted by atomic mass is 10.1. The smallest absolute Gasteiger partial charge is 0.236 e. The van der Waals surface area contributed by atoms with E-state index in [1.165, 1.54) is 24.0 Å². The third-order valence-corrected chi connectivity index (χ3v) is 5.43. The van der Waals surface area contributed by atoms with E-state index in [2.05, 4.69) is 29.2 Å². The number of hydrogen-bond acceptors (Lipinski definition) is 3. The van der Waals surface area contributed by atoms with Crippen molar-refractivity contribution < 1.29 is 9.53 Å². The van der Waals surface area contributed by atoms with Crippen molar-refractivity contribution >= 4 is 5.91 Å². The van der Waals surface area contributed by atoms with Crippen LogP contribution in [0.25, 0.3) is 0 Å². The highest BCUT2D eigenvalue weighted by Gasteiger charge is 2.39. The molecule has 0 bridgehead atoms. The maximum atomic E-state index is 12.8. The van der Waals surface area contributed by atoms with Crippen molar-refractivity contribution in [1.29, 1.82) is 0 Å². The molecule has 1 saturated carbocycles. The van der Waals surface area contributed by atoms with Crippen LogP contribution in [0.2, 0.25) is 0 Å². The second kappa shape index (κ2) is 6.25. The van der Waals surface area contributed by atoms with Gasteiger partial charge in [0.15, 0.2) is 0 Å². The molecule has 0 aromatic heterocycles. The Morgan fingerprint density at radius 3 is 2.91 bits per heavy atom. The molecule has 1 saturated heterocycles. The van der Waals surface area contributed by atoms with E-state index in [0.717, 1.165) is 25.9 Å². The molecule has 2 aliphatic carbocycles. The zero-order valence-corrected chi connectivity index (χ0v) is 13.9. The molecule has 4 nitrogen and oxygen atoms in total. The van der Waals surface area contributed by atoms with E-state index < -0.39 is 0 Å². The van der Waals surface area contributed by atoms with Crippen molar-refractivity contribution in [3.63, 3.8) is 0 Å². The molecule has 3 aliphatic rings. The quantitative estimate of drug-likeness (QED) is 0.855. The van der Waals surface area contributed by atoms with Crippen LogP contribution in [0.1, 0.15) is 43.4 Å². The largest absolute Gasteiger partial charge is 0.375 e. The van der Waals surface area contributed by atoms with Crippen molar-refractivity contribution in [3.05, 3.63) is 35.4 Å². The van der Waals surface area contributed by atoms with E-state index in [1.807, 2.05) is 11.8 Å². The summed E-state index contributed by atoms with van der Waals surface area (Å²) in [5.74, 6) is 0.274. The van der Waals surface area contributed by atoms with Crippen molar-refractivity contribution in [2.24, 2.45) is 0 Å². The Hall–Kier alpha value is -1.39. The predicted molar refractivity (Wildman–Crippen MR) is 89.2 cm³/mol. The highest BCUT2D eigenvalue weighted by atomic mass is 16.5. The number of morpholine rings is 1. The van der Waals surface area contributed by atoms with Crippen LogP contribution in [0.4, 0.5) is 0 Å². The Labute approximate surface area is 138 Å². The number of amides is 1. The van der Waals surface area contributed by atoms with Gasteiger partial charge in [-0.2, -0.15) is 0 Å². The summed E-state index contributed by atoms with van der Waals surface area (Å²) in [7, 11) is 0. The molecule has 124 valence electrons. The Morgan fingerprint density at radius 2 is 2.13 bits per heavy atom. The minimum absolute atomic E-state index is 0.161. The van der Waals surface area contributed by atoms with Gasteiger partial charge in [-0.1, -0.05) is 24.3 Å². The maximum absolute atomic E-state index is 12.8. The average Bonchev–Trinajstić information content (AvgIpc) is 3.32. The van der Waals surface area contributed by atoms with Gasteiger partial charge < -0.3 is 9.64 Å². The molecule has 1 aromatic carbocycles. The molecule has 0 spiro atoms. The number of rotatable bonds is 4. The van der Waals surface area contributed by atoms with Crippen LogP contribution in [-0.2, 0) is 16.0 Å². The summed E-state index contributed by atoms with van der Waals surface area (Å²) in [6.45, 7) is 4.76. The van der Waals surface area contributed by atoms with Gasteiger partial charge in [0.05, 0.1) is 19.3 Å². The van der Waals surface area contributed by atoms with Crippen molar-refractivity contribution in [2.45, 2.75) is 50.8 Å². The Morgan fingerprint density at radius 1 is 1.30 bits per heavy atom. The lowest BCUT2D eigenvalue weighted by Crippen LogP contribution is -2.49. The Balaban J connectivity index is 1.48. The number of hydrogen-bond donors (Lipinski definition) is 0. The second-order valence-electron chi connectivity index (χ2n) is 7.18. The molecular formula is C19H26N2O2. The zero-order chi connectivity index (χ0) is 15.8. The summed E-state index contributed by atoms with van der Waals surface area (Å²) < 4.78 is 5.56. The van der Waals surface area contributed by atoms with Crippen LogP contribution in [-0.4, -0.2) is 54.1 Å². The van der Waals surface area contributed by atoms with Gasteiger partial charge in [-0.05, 0) is 43.7 Å². The number of aryl methyl sites for hydroxylation is 1. The van der Waals surface area contributed by atoms with Gasteiger partial charge in [0, 0.05) is 25.2 Å². The summed E-state index contributed by atoms with van der Waals surface area (Å²) in [5.41, 5.74) is 2.91. The topological polar surface area (TPSA) is 32.8 Å². The monoisotopic (exact) mass is 314 g/mol. The van der Waals surface area contributed by atoms with Crippen molar-refractivity contribution in [2.75, 3.05) is 26.2 Å². The molecule has 1 aliphatic heterocycles. The van der Waals surface area contributed by atoms with Gasteiger partial charge in [-0.15, -0.1) is 0 Å². The summed E-state index contributed by atoms with van der Waals surface area (Å²) in [4.78, 5) is 17.3. The first-order chi connectivity index (χ1) is 11.2. The molecule has 2 atom stereocenters. The molecule has 0 unspecified atom stereocenters. The maximum Gasteiger partial charge on any atom is 0.236 e. The fourth-order valence-corrected chi connectivity index (χ4v) is 4.08. The summed E-state index contributed by atoms with van der Waals surface area (Å²) in [6.07, 6.45) is 4.95. The molecule has 1 aromatic rings. The van der Waals surface area contributed by atoms with Crippen LogP contribution in [0.5, 0.6) is 0 Å². The van der Waals surface area contributed by atoms with Crippen LogP contribution in [0.3, 0.4) is 0 Å². The molecule has 2 fully saturated rings. The third kappa shape index (κ3) is 3.15. The van der Waals surface area contributed by atoms with Gasteiger partial charge in [0.2, 0.25) is 5.91 Å². The molecule has 1 amide bonds. The number of carbonyl (C=O) groups is 1. The second-order valence-corrected chi connectivity index (χ2v) is 7.18. The average molecular weight is 314 g/mol. The summed E-state index contributed by atoms with van der Waals surface area (Å²) in [5, 5.41) is 0. The van der Waals surface area contributed by atoms with E-state index in [1.54, 1.807) is 0 Å². The normalized spacial score (nSPS) is 27.3. The van der Waals surface area contributed by atoms with E-state index in [4.69, 9.17) is 4.74 Å². The van der Waals surface area contributed by atoms with Gasteiger partial charge in [-0.3, -0.25) is 9.69 Å². The molecule has 4 heteroatoms. The lowest BCUT2D eigenvalue weighted by Gasteiger charge is -2.35. The molecular weight excluding hydrogens is 288 g/mol. The first kappa shape index (κ1) is 15.2. The van der Waals surface area contributed by atoms with Gasteiger partial charge in [0.1, 0.15) is 0 Å². The molecule has 0 N–H and O–H groups in total. The fraction of sp³-hybridized carbons (Fsp3) is 0.632. The molecule has 4 rings (SSSR count). The minimum Gasteiger partial charge on any atom is -0.375 e. The highest BCUT2D eigenvalue weighted by Crippen LogP contribution is 2.41. The number of fused-ring (bicyclic) bond motifs is 1. The lowest BCUT2D eigenvalue weighted by molar-refractivity contribution is -0.140. The van der Waals surface area contributed by atoms with Crippen LogP contribution >= 0.6 is 0 Å². The number of nitrogens with zero attached hydrogens (tertiary/aromatic N) is 2. The van der Waals surface area contributed by atoms with Crippen molar-refractivity contribution in [1.82, 2.24) is 9.80 Å². The summed E-state index contributed by atoms with van der Waals surface area (Å²) in [6, 6.07) is 9.79. The molecule has 1 heterocycles. The van der Waals surface area contributed by atoms with E-state index in [0.29, 0.717) is 25.2 Å². The Kier molecular flexibility index (Phi) is 4.12. The van der Waals surface area contributed by atoms with E-state index in [-0.39, 0.29) is 12.0 Å². The van der Waals surface area contributed by atoms with Crippen molar-refractivity contribution in [3.8, 4) is 0 Å². The van der Waals surface area contributed by atoms with Gasteiger partial charge in [-0.25, -0.2) is 0 Å². The third-order valence-electron chi connectivity index (χ3n) is 5.43. The first-order valence-corrected chi connectivity index (χ1v) is 8.95. The standard InChI is InChI=1S/C19H26N2O2/c1-14-12-20(10-11-23-14)19(22)13-21(16-7-8-16)18-9-6-15-4-2-3-5-17(15)18/h2-5,14,16,18H,6-13H2,1H3/t14-,18+/m0/s1. The van der Waals surface area contributed by atoms with Crippen LogP contribution in [0.15, 0.2) is 24.3 Å². The summed E-state index contributed by atoms with van der Waals surface area (Å²) >= 11 is 0. The highest BCUT2D eigenvalue weighted by molar-refractivity contribution is 5.78. The number of carbonyl (C=O) groups excluding carboxylic acids is 1. The van der Waals surface area contributed by atoms with Crippen LogP contribution < -0.4 is 0 Å². The zero-order valence-electron chi connectivity index (χ0n) is 13.9. The van der Waals surface area contributed by atoms with E-state index in [9.17, 15) is 4.79 Å². The SMILES string of the molecule is C[C@H]1CN(C(=O)CN(C2CC2)[C@@H]2CCc3ccccc32)CCO1. The van der Waals surface area contributed by atoms with Gasteiger partial charge in [0.25, 0.3) is 0 Å². The fourth-order valence-electron chi connectivity index (χ4n) is 4.08. The molecule has 23 heavy (non-hydrogen) atoms. The molecule has 0 radical (unpaired) electrons. The van der Waals surface area contributed by atoms with Gasteiger partial charge >= 0.3 is 0 Å². The first-order valence-electron chi connectivity index (χ1n) is 8.95. The minimum atomic E-state index is 0.161. The van der Waals surface area contributed by atoms with Crippen LogP contribution in [0, 0.1) is 0 Å². The number of benzene rings is 1. The predicted octanol–water partition coefficient (Wildman–Crippen LogP) is 2.39. The van der Waals surface area contributed by atoms with E-state index >= 15 is 0 Å².